The monoisotopic (exact) mass is 366 g/mol. The Morgan fingerprint density at radius 3 is 2.22 bits per heavy atom. The Labute approximate surface area is 163 Å². The first kappa shape index (κ1) is 20.8. The van der Waals surface area contributed by atoms with Gasteiger partial charge >= 0.3 is 5.97 Å². The fourth-order valence-electron chi connectivity index (χ4n) is 2.69. The first-order valence-corrected chi connectivity index (χ1v) is 9.93. The van der Waals surface area contributed by atoms with E-state index in [0.717, 1.165) is 24.2 Å². The number of aryl methyl sites for hydroxylation is 1. The molecule has 0 aliphatic heterocycles. The van der Waals surface area contributed by atoms with E-state index in [4.69, 9.17) is 9.47 Å². The van der Waals surface area contributed by atoms with Gasteiger partial charge in [0.15, 0.2) is 0 Å². The van der Waals surface area contributed by atoms with Crippen LogP contribution in [-0.2, 0) is 11.2 Å². The van der Waals surface area contributed by atoms with E-state index in [0.29, 0.717) is 12.4 Å². The summed E-state index contributed by atoms with van der Waals surface area (Å²) in [5.74, 6) is 1.04. The quantitative estimate of drug-likeness (QED) is 0.205. The first-order chi connectivity index (χ1) is 13.2. The fraction of sp³-hybridized carbons (Fsp3) is 0.375. The number of carbonyl (C=O) groups excluding carboxylic acids is 1. The molecule has 0 saturated carbocycles. The van der Waals surface area contributed by atoms with E-state index < -0.39 is 0 Å². The van der Waals surface area contributed by atoms with Crippen molar-refractivity contribution in [3.05, 3.63) is 65.7 Å². The Hall–Kier alpha value is -2.55. The Balaban J connectivity index is 1.79. The number of benzene rings is 2. The Kier molecular flexibility index (Phi) is 9.19. The molecule has 0 aliphatic carbocycles. The van der Waals surface area contributed by atoms with Gasteiger partial charge in [0.05, 0.1) is 6.61 Å². The Morgan fingerprint density at radius 1 is 0.852 bits per heavy atom. The number of esters is 1. The molecule has 0 amide bonds. The van der Waals surface area contributed by atoms with Gasteiger partial charge in [0, 0.05) is 6.08 Å². The van der Waals surface area contributed by atoms with Gasteiger partial charge in [-0.3, -0.25) is 0 Å². The van der Waals surface area contributed by atoms with Gasteiger partial charge in [0.2, 0.25) is 0 Å². The molecule has 0 atom stereocenters. The maximum atomic E-state index is 12.0. The molecule has 0 N–H and O–H groups in total. The lowest BCUT2D eigenvalue weighted by molar-refractivity contribution is -0.128. The van der Waals surface area contributed by atoms with Crippen LogP contribution in [0, 0.1) is 0 Å². The summed E-state index contributed by atoms with van der Waals surface area (Å²) in [6, 6.07) is 15.4. The average Bonchev–Trinajstić information content (AvgIpc) is 2.70. The van der Waals surface area contributed by atoms with Crippen LogP contribution in [0.15, 0.2) is 54.6 Å². The molecule has 0 radical (unpaired) electrons. The average molecular weight is 367 g/mol. The molecule has 0 bridgehead atoms. The normalized spacial score (nSPS) is 10.9. The lowest BCUT2D eigenvalue weighted by Crippen LogP contribution is -2.03. The van der Waals surface area contributed by atoms with Crippen molar-refractivity contribution >= 4 is 12.0 Å². The van der Waals surface area contributed by atoms with Crippen LogP contribution in [0.4, 0.5) is 0 Å². The van der Waals surface area contributed by atoms with Crippen LogP contribution >= 0.6 is 0 Å². The molecule has 0 heterocycles. The summed E-state index contributed by atoms with van der Waals surface area (Å²) in [5, 5.41) is 0. The van der Waals surface area contributed by atoms with Gasteiger partial charge in [-0.15, -0.1) is 0 Å². The smallest absolute Gasteiger partial charge is 0.336 e. The lowest BCUT2D eigenvalue weighted by Gasteiger charge is -2.05. The molecule has 2 rings (SSSR count). The highest BCUT2D eigenvalue weighted by atomic mass is 16.5. The zero-order valence-corrected chi connectivity index (χ0v) is 16.4. The van der Waals surface area contributed by atoms with Gasteiger partial charge in [0.1, 0.15) is 11.5 Å². The van der Waals surface area contributed by atoms with E-state index in [9.17, 15) is 4.79 Å². The molecule has 0 aliphatic rings. The standard InChI is InChI=1S/C24H30O3/c1-3-5-6-7-8-20-11-16-23(17-12-20)27-24(25)18-13-21-9-14-22(15-10-21)26-19-4-2/h9-18H,3-8,19H2,1-2H3. The molecule has 0 spiro atoms. The minimum absolute atomic E-state index is 0.378. The van der Waals surface area contributed by atoms with Crippen molar-refractivity contribution in [2.45, 2.75) is 52.4 Å². The summed E-state index contributed by atoms with van der Waals surface area (Å²) in [5.41, 5.74) is 2.21. The molecule has 3 heteroatoms. The molecule has 0 saturated heterocycles. The third-order valence-corrected chi connectivity index (χ3v) is 4.23. The predicted octanol–water partition coefficient (Wildman–Crippen LogP) is 6.22. The van der Waals surface area contributed by atoms with E-state index in [-0.39, 0.29) is 5.97 Å². The minimum Gasteiger partial charge on any atom is -0.494 e. The largest absolute Gasteiger partial charge is 0.494 e. The maximum absolute atomic E-state index is 12.0. The molecule has 0 aromatic heterocycles. The SMILES string of the molecule is CCCCCCc1ccc(OC(=O)C=Cc2ccc(OCCC)cc2)cc1. The Bertz CT molecular complexity index is 699. The van der Waals surface area contributed by atoms with Crippen molar-refractivity contribution in [2.75, 3.05) is 6.61 Å². The number of hydrogen-bond acceptors (Lipinski definition) is 3. The van der Waals surface area contributed by atoms with Gasteiger partial charge in [-0.05, 0) is 60.7 Å². The van der Waals surface area contributed by atoms with Gasteiger partial charge in [-0.2, -0.15) is 0 Å². The number of carbonyl (C=O) groups is 1. The summed E-state index contributed by atoms with van der Waals surface area (Å²) in [6.07, 6.45) is 10.3. The van der Waals surface area contributed by atoms with Crippen molar-refractivity contribution in [1.82, 2.24) is 0 Å². The van der Waals surface area contributed by atoms with E-state index in [1.165, 1.54) is 37.3 Å². The zero-order chi connectivity index (χ0) is 19.3. The molecule has 3 nitrogen and oxygen atoms in total. The zero-order valence-electron chi connectivity index (χ0n) is 16.4. The van der Waals surface area contributed by atoms with Crippen LogP contribution in [0.1, 0.15) is 57.1 Å². The molecule has 2 aromatic carbocycles. The van der Waals surface area contributed by atoms with Gasteiger partial charge < -0.3 is 9.47 Å². The molecule has 0 unspecified atom stereocenters. The third-order valence-electron chi connectivity index (χ3n) is 4.23. The van der Waals surface area contributed by atoms with Crippen LogP contribution in [0.25, 0.3) is 6.08 Å². The van der Waals surface area contributed by atoms with Crippen molar-refractivity contribution in [2.24, 2.45) is 0 Å². The summed E-state index contributed by atoms with van der Waals surface area (Å²) < 4.78 is 10.9. The van der Waals surface area contributed by atoms with E-state index in [1.54, 1.807) is 6.08 Å². The molecular formula is C24H30O3. The topological polar surface area (TPSA) is 35.5 Å². The van der Waals surface area contributed by atoms with Gasteiger partial charge in [0.25, 0.3) is 0 Å². The Morgan fingerprint density at radius 2 is 1.56 bits per heavy atom. The number of rotatable bonds is 11. The van der Waals surface area contributed by atoms with Crippen LogP contribution in [0.5, 0.6) is 11.5 Å². The van der Waals surface area contributed by atoms with Crippen molar-refractivity contribution in [3.63, 3.8) is 0 Å². The van der Waals surface area contributed by atoms with Crippen molar-refractivity contribution in [1.29, 1.82) is 0 Å². The molecule has 2 aromatic rings. The number of unbranched alkanes of at least 4 members (excludes halogenated alkanes) is 3. The predicted molar refractivity (Wildman–Crippen MR) is 111 cm³/mol. The minimum atomic E-state index is -0.378. The summed E-state index contributed by atoms with van der Waals surface area (Å²) in [7, 11) is 0. The highest BCUT2D eigenvalue weighted by molar-refractivity contribution is 5.88. The van der Waals surface area contributed by atoms with Gasteiger partial charge in [-0.25, -0.2) is 4.79 Å². The first-order valence-electron chi connectivity index (χ1n) is 9.93. The van der Waals surface area contributed by atoms with Crippen LogP contribution < -0.4 is 9.47 Å². The van der Waals surface area contributed by atoms with Crippen molar-refractivity contribution < 1.29 is 14.3 Å². The van der Waals surface area contributed by atoms with Crippen LogP contribution in [-0.4, -0.2) is 12.6 Å². The third kappa shape index (κ3) is 8.12. The van der Waals surface area contributed by atoms with E-state index in [2.05, 4.69) is 13.8 Å². The second-order valence-corrected chi connectivity index (χ2v) is 6.63. The summed E-state index contributed by atoms with van der Waals surface area (Å²) >= 11 is 0. The van der Waals surface area contributed by atoms with Crippen LogP contribution in [0.3, 0.4) is 0 Å². The maximum Gasteiger partial charge on any atom is 0.336 e. The molecule has 0 fully saturated rings. The number of ether oxygens (including phenoxy) is 2. The summed E-state index contributed by atoms with van der Waals surface area (Å²) in [6.45, 7) is 5.00. The molecule has 27 heavy (non-hydrogen) atoms. The number of hydrogen-bond donors (Lipinski definition) is 0. The fourth-order valence-corrected chi connectivity index (χ4v) is 2.69. The summed E-state index contributed by atoms with van der Waals surface area (Å²) in [4.78, 5) is 12.0. The second kappa shape index (κ2) is 11.9. The van der Waals surface area contributed by atoms with E-state index >= 15 is 0 Å². The van der Waals surface area contributed by atoms with Gasteiger partial charge in [-0.1, -0.05) is 57.4 Å². The second-order valence-electron chi connectivity index (χ2n) is 6.63. The van der Waals surface area contributed by atoms with Crippen LogP contribution in [0.2, 0.25) is 0 Å². The molecular weight excluding hydrogens is 336 g/mol. The molecule has 144 valence electrons. The van der Waals surface area contributed by atoms with Crippen molar-refractivity contribution in [3.8, 4) is 11.5 Å². The van der Waals surface area contributed by atoms with E-state index in [1.807, 2.05) is 48.5 Å². The highest BCUT2D eigenvalue weighted by Crippen LogP contribution is 2.16. The lowest BCUT2D eigenvalue weighted by atomic mass is 10.1. The highest BCUT2D eigenvalue weighted by Gasteiger charge is 2.01.